The first-order valence-corrected chi connectivity index (χ1v) is 8.37. The average Bonchev–Trinajstić information content (AvgIpc) is 2.45. The van der Waals surface area contributed by atoms with Crippen LogP contribution < -0.4 is 5.32 Å². The van der Waals surface area contributed by atoms with E-state index in [1.165, 1.54) is 57.1 Å². The molecule has 1 aromatic carbocycles. The Bertz CT molecular complexity index is 395. The Kier molecular flexibility index (Phi) is 9.07. The molecule has 0 bridgehead atoms. The molecule has 0 saturated carbocycles. The summed E-state index contributed by atoms with van der Waals surface area (Å²) in [6.07, 6.45) is 10.4. The molecule has 0 radical (unpaired) electrons. The van der Waals surface area contributed by atoms with E-state index in [2.05, 4.69) is 12.2 Å². The number of nitrogens with one attached hydrogen (secondary N) is 1. The van der Waals surface area contributed by atoms with Gasteiger partial charge in [-0.3, -0.25) is 0 Å². The second-order valence-corrected chi connectivity index (χ2v) is 5.86. The number of hydrogen-bond acceptors (Lipinski definition) is 2. The highest BCUT2D eigenvalue weighted by Gasteiger charge is 2.10. The lowest BCUT2D eigenvalue weighted by molar-refractivity contribution is 0.462. The first kappa shape index (κ1) is 18.0. The third kappa shape index (κ3) is 7.47. The van der Waals surface area contributed by atoms with E-state index in [-0.39, 0.29) is 17.6 Å². The predicted molar refractivity (Wildman–Crippen MR) is 87.1 cm³/mol. The number of unbranched alkanes of at least 4 members (excludes halogenated alkanes) is 7. The van der Waals surface area contributed by atoms with Crippen molar-refractivity contribution >= 4 is 0 Å². The second-order valence-electron chi connectivity index (χ2n) is 5.86. The zero-order valence-corrected chi connectivity index (χ0v) is 13.5. The van der Waals surface area contributed by atoms with Crippen molar-refractivity contribution < 1.29 is 9.50 Å². The molecule has 2 nitrogen and oxygen atoms in total. The third-order valence-corrected chi connectivity index (χ3v) is 3.93. The van der Waals surface area contributed by atoms with Crippen molar-refractivity contribution in [1.82, 2.24) is 5.32 Å². The molecule has 0 heterocycles. The van der Waals surface area contributed by atoms with Crippen molar-refractivity contribution in [2.24, 2.45) is 0 Å². The molecule has 120 valence electrons. The summed E-state index contributed by atoms with van der Waals surface area (Å²) in [5.74, 6) is -0.363. The highest BCUT2D eigenvalue weighted by molar-refractivity contribution is 5.29. The van der Waals surface area contributed by atoms with Gasteiger partial charge in [0.1, 0.15) is 11.6 Å². The lowest BCUT2D eigenvalue weighted by Crippen LogP contribution is -2.20. The Morgan fingerprint density at radius 3 is 2.29 bits per heavy atom. The monoisotopic (exact) mass is 295 g/mol. The minimum atomic E-state index is -0.342. The Balaban J connectivity index is 2.09. The molecule has 1 aromatic rings. The van der Waals surface area contributed by atoms with Gasteiger partial charge in [0.05, 0.1) is 0 Å². The van der Waals surface area contributed by atoms with Gasteiger partial charge in [-0.05, 0) is 26.0 Å². The maximum absolute atomic E-state index is 13.7. The Hall–Kier alpha value is -1.09. The molecule has 0 aliphatic heterocycles. The Labute approximate surface area is 128 Å². The fraction of sp³-hybridized carbons (Fsp3) is 0.667. The van der Waals surface area contributed by atoms with Crippen LogP contribution in [0.1, 0.15) is 76.8 Å². The minimum Gasteiger partial charge on any atom is -0.508 e. The number of hydrogen-bond donors (Lipinski definition) is 2. The van der Waals surface area contributed by atoms with Gasteiger partial charge >= 0.3 is 0 Å². The van der Waals surface area contributed by atoms with Crippen molar-refractivity contribution in [2.45, 2.75) is 71.3 Å². The topological polar surface area (TPSA) is 32.3 Å². The largest absolute Gasteiger partial charge is 0.508 e. The van der Waals surface area contributed by atoms with Gasteiger partial charge in [-0.1, -0.05) is 57.9 Å². The van der Waals surface area contributed by atoms with Gasteiger partial charge in [-0.2, -0.15) is 0 Å². The zero-order valence-electron chi connectivity index (χ0n) is 13.5. The number of aromatic hydroxyl groups is 1. The molecular weight excluding hydrogens is 265 g/mol. The maximum atomic E-state index is 13.7. The Morgan fingerprint density at radius 1 is 1.05 bits per heavy atom. The van der Waals surface area contributed by atoms with Crippen LogP contribution in [0, 0.1) is 5.82 Å². The van der Waals surface area contributed by atoms with E-state index in [1.54, 1.807) is 6.07 Å². The lowest BCUT2D eigenvalue weighted by atomic mass is 10.1. The normalized spacial score (nSPS) is 12.5. The average molecular weight is 295 g/mol. The van der Waals surface area contributed by atoms with Crippen LogP contribution in [0.4, 0.5) is 4.39 Å². The molecule has 2 N–H and O–H groups in total. The molecule has 0 aliphatic rings. The molecule has 0 amide bonds. The molecule has 0 aliphatic carbocycles. The molecule has 1 atom stereocenters. The molecule has 1 rings (SSSR count). The summed E-state index contributed by atoms with van der Waals surface area (Å²) < 4.78 is 13.7. The summed E-state index contributed by atoms with van der Waals surface area (Å²) >= 11 is 0. The van der Waals surface area contributed by atoms with E-state index in [0.717, 1.165) is 13.0 Å². The second kappa shape index (κ2) is 10.6. The van der Waals surface area contributed by atoms with Gasteiger partial charge in [0, 0.05) is 17.7 Å². The quantitative estimate of drug-likeness (QED) is 0.541. The van der Waals surface area contributed by atoms with Gasteiger partial charge in [0.15, 0.2) is 0 Å². The van der Waals surface area contributed by atoms with Crippen LogP contribution in [0.25, 0.3) is 0 Å². The molecule has 1 unspecified atom stereocenters. The van der Waals surface area contributed by atoms with E-state index in [4.69, 9.17) is 0 Å². The lowest BCUT2D eigenvalue weighted by Gasteiger charge is -2.15. The summed E-state index contributed by atoms with van der Waals surface area (Å²) in [6.45, 7) is 5.11. The Morgan fingerprint density at radius 2 is 1.67 bits per heavy atom. The first-order valence-electron chi connectivity index (χ1n) is 8.37. The smallest absolute Gasteiger partial charge is 0.131 e. The van der Waals surface area contributed by atoms with E-state index in [1.807, 2.05) is 6.92 Å². The van der Waals surface area contributed by atoms with Gasteiger partial charge in [-0.15, -0.1) is 0 Å². The summed E-state index contributed by atoms with van der Waals surface area (Å²) in [5, 5.41) is 12.6. The van der Waals surface area contributed by atoms with Crippen molar-refractivity contribution in [1.29, 1.82) is 0 Å². The number of phenols is 1. The first-order chi connectivity index (χ1) is 10.1. The highest BCUT2D eigenvalue weighted by atomic mass is 19.1. The van der Waals surface area contributed by atoms with Gasteiger partial charge in [-0.25, -0.2) is 4.39 Å². The summed E-state index contributed by atoms with van der Waals surface area (Å²) in [5.41, 5.74) is 0.618. The molecule has 0 fully saturated rings. The number of rotatable bonds is 11. The van der Waals surface area contributed by atoms with Crippen LogP contribution in [0.5, 0.6) is 5.75 Å². The number of halogens is 1. The van der Waals surface area contributed by atoms with Crippen molar-refractivity contribution in [3.05, 3.63) is 29.6 Å². The minimum absolute atomic E-state index is 0.0184. The molecule has 3 heteroatoms. The van der Waals surface area contributed by atoms with Crippen molar-refractivity contribution in [3.63, 3.8) is 0 Å². The van der Waals surface area contributed by atoms with Crippen LogP contribution in [-0.2, 0) is 0 Å². The van der Waals surface area contributed by atoms with E-state index >= 15 is 0 Å². The van der Waals surface area contributed by atoms with Crippen LogP contribution in [-0.4, -0.2) is 11.7 Å². The fourth-order valence-corrected chi connectivity index (χ4v) is 2.55. The molecular formula is C18H30FNO. The van der Waals surface area contributed by atoms with Crippen LogP contribution in [0.2, 0.25) is 0 Å². The molecule has 21 heavy (non-hydrogen) atoms. The molecule has 0 spiro atoms. The number of phenolic OH excluding ortho intramolecular Hbond substituents is 1. The maximum Gasteiger partial charge on any atom is 0.131 e. The summed E-state index contributed by atoms with van der Waals surface area (Å²) in [4.78, 5) is 0. The van der Waals surface area contributed by atoms with Crippen LogP contribution in [0.15, 0.2) is 18.2 Å². The van der Waals surface area contributed by atoms with Crippen LogP contribution >= 0.6 is 0 Å². The summed E-state index contributed by atoms with van der Waals surface area (Å²) in [6, 6.07) is 4.34. The van der Waals surface area contributed by atoms with Gasteiger partial charge in [0.2, 0.25) is 0 Å². The standard InChI is InChI=1S/C18H30FNO/c1-3-4-5-6-7-8-9-10-13-20-15(2)17-12-11-16(21)14-18(17)19/h11-12,14-15,20-21H,3-10,13H2,1-2H3. The fourth-order valence-electron chi connectivity index (χ4n) is 2.55. The number of benzene rings is 1. The highest BCUT2D eigenvalue weighted by Crippen LogP contribution is 2.21. The van der Waals surface area contributed by atoms with E-state index in [0.29, 0.717) is 5.56 Å². The van der Waals surface area contributed by atoms with Crippen molar-refractivity contribution in [3.8, 4) is 5.75 Å². The van der Waals surface area contributed by atoms with E-state index < -0.39 is 0 Å². The molecule has 0 aromatic heterocycles. The van der Waals surface area contributed by atoms with Crippen LogP contribution in [0.3, 0.4) is 0 Å². The zero-order chi connectivity index (χ0) is 15.5. The SMILES string of the molecule is CCCCCCCCCCNC(C)c1ccc(O)cc1F. The third-order valence-electron chi connectivity index (χ3n) is 3.93. The van der Waals surface area contributed by atoms with Crippen molar-refractivity contribution in [2.75, 3.05) is 6.54 Å². The summed E-state index contributed by atoms with van der Waals surface area (Å²) in [7, 11) is 0. The van der Waals surface area contributed by atoms with E-state index in [9.17, 15) is 9.50 Å². The predicted octanol–water partition coefficient (Wildman–Crippen LogP) is 5.32. The molecule has 0 saturated heterocycles. The van der Waals surface area contributed by atoms with Gasteiger partial charge in [0.25, 0.3) is 0 Å². The van der Waals surface area contributed by atoms with Gasteiger partial charge < -0.3 is 10.4 Å².